The van der Waals surface area contributed by atoms with Crippen LogP contribution in [-0.4, -0.2) is 34.9 Å². The number of amides is 1. The number of nitrogens with one attached hydrogen (secondary N) is 1. The van der Waals surface area contributed by atoms with E-state index in [1.807, 2.05) is 6.08 Å². The van der Waals surface area contributed by atoms with E-state index in [4.69, 9.17) is 0 Å². The minimum Gasteiger partial charge on any atom is -0.394 e. The lowest BCUT2D eigenvalue weighted by Gasteiger charge is -2.19. The molecule has 0 saturated heterocycles. The zero-order valence-corrected chi connectivity index (χ0v) is 37.9. The zero-order chi connectivity index (χ0) is 40.7. The number of aliphatic hydroxyl groups excluding tert-OH is 2. The molecule has 0 aromatic rings. The van der Waals surface area contributed by atoms with E-state index in [2.05, 4.69) is 43.5 Å². The molecule has 0 aromatic carbocycles. The summed E-state index contributed by atoms with van der Waals surface area (Å²) < 4.78 is 0. The average Bonchev–Trinajstić information content (AvgIpc) is 3.20. The number of unbranched alkanes of at least 4 members (excludes halogenated alkanes) is 35. The topological polar surface area (TPSA) is 69.6 Å². The predicted molar refractivity (Wildman–Crippen MR) is 248 cm³/mol. The van der Waals surface area contributed by atoms with Crippen molar-refractivity contribution in [1.29, 1.82) is 0 Å². The van der Waals surface area contributed by atoms with Gasteiger partial charge in [-0.05, 0) is 57.8 Å². The van der Waals surface area contributed by atoms with Gasteiger partial charge in [0.05, 0.1) is 18.8 Å². The quantitative estimate of drug-likeness (QED) is 0.0425. The van der Waals surface area contributed by atoms with Crippen molar-refractivity contribution in [1.82, 2.24) is 5.32 Å². The van der Waals surface area contributed by atoms with Crippen molar-refractivity contribution >= 4 is 5.91 Å². The Bertz CT molecular complexity index is 851. The molecule has 56 heavy (non-hydrogen) atoms. The highest BCUT2D eigenvalue weighted by Crippen LogP contribution is 2.16. The Morgan fingerprint density at radius 2 is 0.696 bits per heavy atom. The summed E-state index contributed by atoms with van der Waals surface area (Å²) >= 11 is 0. The standard InChI is InChI=1S/C52H99NO3/c1-3-5-7-9-11-13-14-15-16-17-18-19-20-21-22-23-24-25-26-27-28-29-30-31-32-33-34-35-36-37-38-40-42-44-46-48-52(56)53-50(49-54)51(55)47-45-43-41-39-12-10-8-6-4-2/h12,17-18,39,45,47,50-51,54-55H,3-11,13-16,19-38,40-44,46,48-49H2,1-2H3,(H,53,56)/b18-17-,39-12+,47-45+. The highest BCUT2D eigenvalue weighted by atomic mass is 16.3. The zero-order valence-electron chi connectivity index (χ0n) is 37.9. The van der Waals surface area contributed by atoms with Crippen LogP contribution in [-0.2, 0) is 4.79 Å². The third kappa shape index (κ3) is 43.7. The van der Waals surface area contributed by atoms with Gasteiger partial charge in [0, 0.05) is 6.42 Å². The minimum atomic E-state index is -0.857. The van der Waals surface area contributed by atoms with Crippen LogP contribution in [0.25, 0.3) is 0 Å². The molecule has 330 valence electrons. The number of rotatable bonds is 46. The Labute approximate surface area is 351 Å². The molecular formula is C52H99NO3. The summed E-state index contributed by atoms with van der Waals surface area (Å²) in [5, 5.41) is 22.9. The van der Waals surface area contributed by atoms with Crippen LogP contribution in [0.3, 0.4) is 0 Å². The Kier molecular flexibility index (Phi) is 46.8. The normalized spacial score (nSPS) is 13.1. The van der Waals surface area contributed by atoms with Gasteiger partial charge in [0.15, 0.2) is 0 Å². The summed E-state index contributed by atoms with van der Waals surface area (Å²) in [4.78, 5) is 12.3. The maximum atomic E-state index is 12.3. The van der Waals surface area contributed by atoms with Crippen LogP contribution < -0.4 is 5.32 Å². The van der Waals surface area contributed by atoms with Gasteiger partial charge in [-0.15, -0.1) is 0 Å². The molecule has 0 spiro atoms. The van der Waals surface area contributed by atoms with E-state index in [-0.39, 0.29) is 12.5 Å². The van der Waals surface area contributed by atoms with E-state index in [0.29, 0.717) is 6.42 Å². The van der Waals surface area contributed by atoms with Gasteiger partial charge in [0.1, 0.15) is 0 Å². The van der Waals surface area contributed by atoms with Crippen LogP contribution in [0.5, 0.6) is 0 Å². The molecular weight excluding hydrogens is 687 g/mol. The Morgan fingerprint density at radius 1 is 0.411 bits per heavy atom. The molecule has 1 amide bonds. The van der Waals surface area contributed by atoms with Crippen molar-refractivity contribution < 1.29 is 15.0 Å². The van der Waals surface area contributed by atoms with Crippen LogP contribution >= 0.6 is 0 Å². The number of carbonyl (C=O) groups excluding carboxylic acids is 1. The third-order valence-corrected chi connectivity index (χ3v) is 11.6. The van der Waals surface area contributed by atoms with Gasteiger partial charge in [-0.1, -0.05) is 243 Å². The Morgan fingerprint density at radius 3 is 1.07 bits per heavy atom. The smallest absolute Gasteiger partial charge is 0.220 e. The molecule has 0 heterocycles. The molecule has 0 fully saturated rings. The lowest BCUT2D eigenvalue weighted by Crippen LogP contribution is -2.45. The molecule has 0 aliphatic carbocycles. The number of hydrogen-bond donors (Lipinski definition) is 3. The molecule has 0 bridgehead atoms. The summed E-state index contributed by atoms with van der Waals surface area (Å²) in [6, 6.07) is -0.634. The molecule has 4 nitrogen and oxygen atoms in total. The molecule has 0 rings (SSSR count). The molecule has 0 radical (unpaired) electrons. The fourth-order valence-corrected chi connectivity index (χ4v) is 7.72. The highest BCUT2D eigenvalue weighted by Gasteiger charge is 2.17. The van der Waals surface area contributed by atoms with Crippen LogP contribution in [0.1, 0.15) is 271 Å². The van der Waals surface area contributed by atoms with Gasteiger partial charge in [0.2, 0.25) is 5.91 Å². The number of hydrogen-bond acceptors (Lipinski definition) is 3. The van der Waals surface area contributed by atoms with E-state index in [9.17, 15) is 15.0 Å². The first-order valence-corrected chi connectivity index (χ1v) is 25.2. The predicted octanol–water partition coefficient (Wildman–Crippen LogP) is 16.1. The van der Waals surface area contributed by atoms with E-state index < -0.39 is 12.1 Å². The minimum absolute atomic E-state index is 0.0730. The number of aliphatic hydroxyl groups is 2. The van der Waals surface area contributed by atoms with Gasteiger partial charge in [-0.25, -0.2) is 0 Å². The van der Waals surface area contributed by atoms with E-state index in [1.165, 1.54) is 218 Å². The summed E-state index contributed by atoms with van der Waals surface area (Å²) in [7, 11) is 0. The lowest BCUT2D eigenvalue weighted by molar-refractivity contribution is -0.123. The molecule has 2 atom stereocenters. The van der Waals surface area contributed by atoms with Crippen LogP contribution in [0.2, 0.25) is 0 Å². The van der Waals surface area contributed by atoms with Gasteiger partial charge >= 0.3 is 0 Å². The van der Waals surface area contributed by atoms with E-state index in [0.717, 1.165) is 32.1 Å². The van der Waals surface area contributed by atoms with Gasteiger partial charge < -0.3 is 15.5 Å². The van der Waals surface area contributed by atoms with Crippen molar-refractivity contribution in [3.63, 3.8) is 0 Å². The Hall–Kier alpha value is -1.39. The molecule has 2 unspecified atom stereocenters. The second-order valence-electron chi connectivity index (χ2n) is 17.2. The van der Waals surface area contributed by atoms with Crippen molar-refractivity contribution in [2.24, 2.45) is 0 Å². The van der Waals surface area contributed by atoms with Gasteiger partial charge in [0.25, 0.3) is 0 Å². The Balaban J connectivity index is 3.37. The van der Waals surface area contributed by atoms with E-state index >= 15 is 0 Å². The van der Waals surface area contributed by atoms with Gasteiger partial charge in [-0.2, -0.15) is 0 Å². The largest absolute Gasteiger partial charge is 0.394 e. The molecule has 0 aliphatic rings. The maximum absolute atomic E-state index is 12.3. The summed E-state index contributed by atoms with van der Waals surface area (Å²) in [6.45, 7) is 4.26. The van der Waals surface area contributed by atoms with Crippen LogP contribution in [0.15, 0.2) is 36.5 Å². The molecule has 0 aliphatic heterocycles. The summed E-state index contributed by atoms with van der Waals surface area (Å²) in [5.74, 6) is -0.0730. The number of carbonyl (C=O) groups is 1. The fraction of sp³-hybridized carbons (Fsp3) is 0.865. The second-order valence-corrected chi connectivity index (χ2v) is 17.2. The summed E-state index contributed by atoms with van der Waals surface area (Å²) in [6.07, 6.45) is 64.6. The first-order chi connectivity index (χ1) is 27.7. The second kappa shape index (κ2) is 48.0. The molecule has 4 heteroatoms. The first kappa shape index (κ1) is 54.6. The van der Waals surface area contributed by atoms with Crippen molar-refractivity contribution in [3.05, 3.63) is 36.5 Å². The van der Waals surface area contributed by atoms with Crippen LogP contribution in [0.4, 0.5) is 0 Å². The SMILES string of the molecule is CCCCC/C=C/CC/C=C/C(O)C(CO)NC(=O)CCCCCCCCCCCCCCCCCCCCCCCCC/C=C\CCCCCCCCCC. The highest BCUT2D eigenvalue weighted by molar-refractivity contribution is 5.76. The maximum Gasteiger partial charge on any atom is 0.220 e. The fourth-order valence-electron chi connectivity index (χ4n) is 7.72. The third-order valence-electron chi connectivity index (χ3n) is 11.6. The molecule has 0 saturated carbocycles. The summed E-state index contributed by atoms with van der Waals surface area (Å²) in [5.41, 5.74) is 0. The van der Waals surface area contributed by atoms with Crippen LogP contribution in [0, 0.1) is 0 Å². The van der Waals surface area contributed by atoms with Crippen molar-refractivity contribution in [2.45, 2.75) is 283 Å². The lowest BCUT2D eigenvalue weighted by atomic mass is 10.0. The van der Waals surface area contributed by atoms with E-state index in [1.54, 1.807) is 6.08 Å². The van der Waals surface area contributed by atoms with Crippen molar-refractivity contribution in [2.75, 3.05) is 6.61 Å². The molecule has 0 aromatic heterocycles. The van der Waals surface area contributed by atoms with Gasteiger partial charge in [-0.3, -0.25) is 4.79 Å². The first-order valence-electron chi connectivity index (χ1n) is 25.2. The number of allylic oxidation sites excluding steroid dienone is 5. The van der Waals surface area contributed by atoms with Crippen molar-refractivity contribution in [3.8, 4) is 0 Å². The molecule has 3 N–H and O–H groups in total. The average molecular weight is 786 g/mol. The monoisotopic (exact) mass is 786 g/mol.